The van der Waals surface area contributed by atoms with Gasteiger partial charge in [-0.25, -0.2) is 0 Å². The molecule has 0 radical (unpaired) electrons. The van der Waals surface area contributed by atoms with Gasteiger partial charge in [-0.3, -0.25) is 95.4 Å². The van der Waals surface area contributed by atoms with Crippen LogP contribution in [-0.2, 0) is 64.5 Å². The molecule has 37 heteroatoms. The van der Waals surface area contributed by atoms with Crippen LogP contribution in [0.3, 0.4) is 0 Å². The highest BCUT2D eigenvalue weighted by Gasteiger charge is 2.38. The van der Waals surface area contributed by atoms with Gasteiger partial charge in [0.05, 0.1) is 18.1 Å². The lowest BCUT2D eigenvalue weighted by molar-refractivity contribution is -0.138. The second kappa shape index (κ2) is 38.5. The largest absolute Gasteiger partial charge is 0.480 e. The summed E-state index contributed by atoms with van der Waals surface area (Å²) in [4.78, 5) is 168. The maximum atomic E-state index is 14.1. The number of hydrogen-bond acceptors (Lipinski definition) is 25. The first-order valence-corrected chi connectivity index (χ1v) is 47.3. The fourth-order valence-electron chi connectivity index (χ4n) is 14.3. The summed E-state index contributed by atoms with van der Waals surface area (Å²) >= 11 is 29.9. The van der Waals surface area contributed by atoms with Crippen molar-refractivity contribution >= 4 is 290 Å². The number of thiazole rings is 4. The van der Waals surface area contributed by atoms with Gasteiger partial charge in [0.2, 0.25) is 0 Å². The van der Waals surface area contributed by atoms with Gasteiger partial charge in [0.25, 0.3) is 45.9 Å². The van der Waals surface area contributed by atoms with Gasteiger partial charge in [-0.05, 0) is 174 Å². The lowest BCUT2D eigenvalue weighted by atomic mass is 9.94. The van der Waals surface area contributed by atoms with Crippen LogP contribution in [0.4, 0.5) is 17.1 Å². The quantitative estimate of drug-likeness (QED) is 0.0306. The maximum absolute atomic E-state index is 14.1. The lowest BCUT2D eigenvalue weighted by Gasteiger charge is -2.26. The van der Waals surface area contributed by atoms with Gasteiger partial charge in [-0.1, -0.05) is 235 Å². The highest BCUT2D eigenvalue weighted by molar-refractivity contribution is 8.31. The normalized spacial score (nSPS) is 16.9. The van der Waals surface area contributed by atoms with Crippen LogP contribution < -0.4 is 63.9 Å². The van der Waals surface area contributed by atoms with Gasteiger partial charge in [0, 0.05) is 43.2 Å². The number of aryl methyl sites for hydroxylation is 1. The maximum Gasteiger partial charge on any atom is 0.323 e. The Balaban J connectivity index is 0.805. The summed E-state index contributed by atoms with van der Waals surface area (Å²) in [6.07, 6.45) is 10.6. The van der Waals surface area contributed by atoms with Gasteiger partial charge >= 0.3 is 23.9 Å². The second-order valence-corrected chi connectivity index (χ2v) is 39.4. The number of carboxylic acids is 4. The molecule has 0 spiro atoms. The van der Waals surface area contributed by atoms with Crippen molar-refractivity contribution in [1.29, 1.82) is 0 Å². The van der Waals surface area contributed by atoms with E-state index in [1.54, 1.807) is 52.0 Å². The zero-order chi connectivity index (χ0) is 91.0. The Bertz CT molecular complexity index is 6700. The average molecular weight is 1930 g/mol. The van der Waals surface area contributed by atoms with Crippen LogP contribution in [0.1, 0.15) is 88.9 Å². The zero-order valence-corrected chi connectivity index (χ0v) is 77.7. The Morgan fingerprint density at radius 3 is 0.711 bits per heavy atom. The van der Waals surface area contributed by atoms with E-state index >= 15 is 0 Å². The standard InChI is InChI=1S/C91H69N9O16S12/c1-6-92-80(113)72(125-88(92)117)84-96(44-68(101)102)76(109)64(121-84)40-51-12-24-55(25-13-51)62(56-26-14-52(15-27-56)41-65-77(110)97(45-69(103)104)85(122-65)73-81(114)93(7-2)89(118)126-73)38-49-20-34-60(35-21-49)100(59-32-10-48(5)11-33-59)61-36-22-50(23-37-61)39-63(57-28-16-53(17-29-57)42-66-78(111)98(46-70(105)106)86(123-66)74-82(115)94(8-3)90(119)127-74)58-30-18-54(19-31-58)43-67-79(112)99(47-71(107)108)87(124-67)75-83(116)95(9-4)91(120)128-75/h10-43H,6-9,44-47H2,1-5H3,(H,101,102)(H,103,104)(H,105,106)(H,107,108)/b62-38?,63-39?,64-40-,65-41+,66-42-,67-43+,84-72-,85-73-,86-74-,87-75+. The number of anilines is 3. The Morgan fingerprint density at radius 1 is 0.312 bits per heavy atom. The van der Waals surface area contributed by atoms with Crippen LogP contribution in [-0.4, -0.2) is 149 Å². The molecule has 11 aromatic rings. The smallest absolute Gasteiger partial charge is 0.323 e. The monoisotopic (exact) mass is 1930 g/mol. The molecule has 0 unspecified atom stereocenters. The Labute approximate surface area is 781 Å². The SMILES string of the molecule is CCN1C(=O)/C(=c2/s/c(=C\c3ccc(C(=Cc4ccc(N(c5ccc(C)cc5)c5ccc(C=C(c6ccc(/C=c7\s/c(=C8\SC(=S)N(CC)C8=O)n(CC(=O)O)c7=O)cc6)c6ccc(/C=c7/s/c(=C8/SC(=S)N(CC)C8=O)n(CC(=O)O)c7=O)cc6)cc5)cc4)c4ccc(/C=c5/s/c(=C6\SC(=S)N(CC)C6=O)n(CC(=O)O)c5=O)cc4)cc3)c(=O)n2CC(=O)O)SC1=S. The van der Waals surface area contributed by atoms with E-state index in [-0.39, 0.29) is 82.6 Å². The average Bonchev–Trinajstić information content (AvgIpc) is 1.51. The van der Waals surface area contributed by atoms with E-state index in [0.717, 1.165) is 178 Å². The van der Waals surface area contributed by atoms with Crippen LogP contribution >= 0.6 is 141 Å². The molecule has 0 bridgehead atoms. The summed E-state index contributed by atoms with van der Waals surface area (Å²) in [6, 6.07) is 53.6. The summed E-state index contributed by atoms with van der Waals surface area (Å²) in [5.74, 6) is -6.77. The minimum atomic E-state index is -1.27. The molecular weight excluding hydrogens is 1860 g/mol. The number of aliphatic carboxylic acids is 4. The van der Waals surface area contributed by atoms with Crippen molar-refractivity contribution in [2.24, 2.45) is 0 Å². The summed E-state index contributed by atoms with van der Waals surface area (Å²) < 4.78 is 6.95. The number of rotatable bonds is 25. The highest BCUT2D eigenvalue weighted by atomic mass is 32.2. The number of amides is 4. The topological polar surface area (TPSA) is 322 Å². The summed E-state index contributed by atoms with van der Waals surface area (Å²) in [6.45, 7) is 7.47. The molecule has 15 rings (SSSR count). The predicted octanol–water partition coefficient (Wildman–Crippen LogP) is 9.14. The van der Waals surface area contributed by atoms with E-state index < -0.39 is 95.9 Å². The molecule has 4 aliphatic rings. The van der Waals surface area contributed by atoms with E-state index in [0.29, 0.717) is 39.5 Å². The second-order valence-electron chi connectivity index (χ2n) is 28.7. The number of hydrogen-bond donors (Lipinski definition) is 4. The number of carboxylic acid groups (broad SMARTS) is 4. The van der Waals surface area contributed by atoms with Crippen molar-refractivity contribution in [3.8, 4) is 0 Å². The number of aromatic nitrogens is 4. The molecule has 4 saturated heterocycles. The molecule has 0 atom stereocenters. The number of carbonyl (C=O) groups is 8. The fraction of sp³-hybridized carbons (Fsp3) is 0.143. The van der Waals surface area contributed by atoms with Crippen molar-refractivity contribution in [2.75, 3.05) is 31.1 Å². The van der Waals surface area contributed by atoms with Gasteiger partial charge in [0.1, 0.15) is 81.7 Å². The summed E-state index contributed by atoms with van der Waals surface area (Å²) in [5.41, 5.74) is 9.43. The van der Waals surface area contributed by atoms with E-state index in [9.17, 15) is 78.0 Å². The summed E-state index contributed by atoms with van der Waals surface area (Å²) in [5, 5.41) is 39.7. The third-order valence-electron chi connectivity index (χ3n) is 20.5. The van der Waals surface area contributed by atoms with Crippen LogP contribution in [0.25, 0.3) is 67.2 Å². The van der Waals surface area contributed by atoms with Gasteiger partial charge in [0.15, 0.2) is 0 Å². The van der Waals surface area contributed by atoms with E-state index in [4.69, 9.17) is 48.9 Å². The molecule has 4 amide bonds. The fourth-order valence-corrected chi connectivity index (χ4v) is 24.9. The number of benzene rings is 7. The first-order valence-electron chi connectivity index (χ1n) is 39.2. The van der Waals surface area contributed by atoms with Crippen molar-refractivity contribution < 1.29 is 58.8 Å². The van der Waals surface area contributed by atoms with Gasteiger partial charge in [-0.15, -0.1) is 45.3 Å². The molecular formula is C91H69N9O16S12. The van der Waals surface area contributed by atoms with E-state index in [1.807, 2.05) is 189 Å². The minimum Gasteiger partial charge on any atom is -0.480 e. The molecule has 4 N–H and O–H groups in total. The third-order valence-corrected chi connectivity index (χ3v) is 31.3. The molecule has 7 aromatic carbocycles. The van der Waals surface area contributed by atoms with E-state index in [1.165, 1.54) is 19.6 Å². The van der Waals surface area contributed by atoms with Crippen LogP contribution in [0, 0.1) is 6.92 Å². The number of nitrogens with zero attached hydrogens (tertiary/aromatic N) is 9. The molecule has 646 valence electrons. The predicted molar refractivity (Wildman–Crippen MR) is 526 cm³/mol. The van der Waals surface area contributed by atoms with Crippen molar-refractivity contribution in [3.63, 3.8) is 0 Å². The lowest BCUT2D eigenvalue weighted by Crippen LogP contribution is -2.35. The molecule has 8 heterocycles. The van der Waals surface area contributed by atoms with Crippen molar-refractivity contribution in [3.05, 3.63) is 309 Å². The van der Waals surface area contributed by atoms with Crippen LogP contribution in [0.15, 0.2) is 189 Å². The minimum absolute atomic E-state index is 0.165. The van der Waals surface area contributed by atoms with Crippen molar-refractivity contribution in [1.82, 2.24) is 37.9 Å². The van der Waals surface area contributed by atoms with E-state index in [2.05, 4.69) is 4.90 Å². The molecule has 4 aromatic heterocycles. The van der Waals surface area contributed by atoms with Gasteiger partial charge < -0.3 is 25.3 Å². The highest BCUT2D eigenvalue weighted by Crippen LogP contribution is 2.39. The van der Waals surface area contributed by atoms with Crippen LogP contribution in [0.5, 0.6) is 0 Å². The third kappa shape index (κ3) is 18.8. The molecule has 0 aliphatic carbocycles. The number of thioether (sulfide) groups is 4. The molecule has 128 heavy (non-hydrogen) atoms. The molecule has 0 saturated carbocycles. The zero-order valence-electron chi connectivity index (χ0n) is 67.9. The van der Waals surface area contributed by atoms with Gasteiger partial charge in [-0.2, -0.15) is 0 Å². The Kier molecular flexibility index (Phi) is 27.3. The summed E-state index contributed by atoms with van der Waals surface area (Å²) in [7, 11) is 0. The number of carbonyl (C=O) groups excluding carboxylic acids is 4. The van der Waals surface area contributed by atoms with Crippen molar-refractivity contribution in [2.45, 2.75) is 60.8 Å². The Hall–Kier alpha value is -12.0. The first-order chi connectivity index (χ1) is 61.4. The first kappa shape index (κ1) is 90.8. The molecule has 4 fully saturated rings. The Morgan fingerprint density at radius 2 is 0.516 bits per heavy atom. The van der Waals surface area contributed by atoms with Crippen LogP contribution in [0.2, 0.25) is 0 Å². The number of thiocarbonyl (C=S) groups is 4. The molecule has 25 nitrogen and oxygen atoms in total. The molecule has 4 aliphatic heterocycles.